The Bertz CT molecular complexity index is 2830. The topological polar surface area (TPSA) is 29.5 Å². The van der Waals surface area contributed by atoms with Crippen LogP contribution in [-0.4, -0.2) is 0 Å². The standard InChI is InChI=1S/C46H29NO2/c1-2-10-30(11-3-1)32-12-8-14-35(26-32)47(36-24-25-40-38-15-4-6-18-43(38)49-46(40)28-36)34-22-20-31(21-23-34)37-17-9-13-33-27-45-42(29-41(33)37)39-16-5-7-19-44(39)48-45/h1-29H. The fraction of sp³-hybridized carbons (Fsp3) is 0. The van der Waals surface area contributed by atoms with Crippen molar-refractivity contribution in [2.45, 2.75) is 0 Å². The van der Waals surface area contributed by atoms with E-state index in [2.05, 4.69) is 157 Å². The predicted octanol–water partition coefficient (Wildman–Crippen LogP) is 13.4. The average molecular weight is 628 g/mol. The fourth-order valence-electron chi connectivity index (χ4n) is 7.29. The second-order valence-electron chi connectivity index (χ2n) is 12.6. The molecule has 3 nitrogen and oxygen atoms in total. The molecule has 0 bridgehead atoms. The molecule has 0 fully saturated rings. The third kappa shape index (κ3) is 4.59. The van der Waals surface area contributed by atoms with Gasteiger partial charge in [-0.15, -0.1) is 0 Å². The maximum atomic E-state index is 6.34. The summed E-state index contributed by atoms with van der Waals surface area (Å²) in [4.78, 5) is 2.31. The Morgan fingerprint density at radius 2 is 0.918 bits per heavy atom. The van der Waals surface area contributed by atoms with Crippen LogP contribution in [0.1, 0.15) is 0 Å². The molecule has 3 heteroatoms. The SMILES string of the molecule is c1ccc(-c2cccc(N(c3ccc(-c4cccc5cc6oc7ccccc7c6cc45)cc3)c3ccc4c(c3)oc3ccccc34)c2)cc1. The van der Waals surface area contributed by atoms with Gasteiger partial charge in [0, 0.05) is 44.7 Å². The zero-order valence-corrected chi connectivity index (χ0v) is 26.5. The molecular weight excluding hydrogens is 599 g/mol. The van der Waals surface area contributed by atoms with Crippen LogP contribution in [0.3, 0.4) is 0 Å². The maximum absolute atomic E-state index is 6.34. The Kier molecular flexibility index (Phi) is 6.18. The van der Waals surface area contributed by atoms with Gasteiger partial charge in [-0.25, -0.2) is 0 Å². The van der Waals surface area contributed by atoms with E-state index in [-0.39, 0.29) is 0 Å². The third-order valence-electron chi connectivity index (χ3n) is 9.65. The molecule has 0 saturated carbocycles. The van der Waals surface area contributed by atoms with Crippen molar-refractivity contribution in [1.82, 2.24) is 0 Å². The molecule has 0 amide bonds. The second-order valence-corrected chi connectivity index (χ2v) is 12.6. The molecule has 0 aliphatic carbocycles. The summed E-state index contributed by atoms with van der Waals surface area (Å²) in [6, 6.07) is 62.1. The van der Waals surface area contributed by atoms with Gasteiger partial charge in [-0.3, -0.25) is 0 Å². The Balaban J connectivity index is 1.11. The van der Waals surface area contributed by atoms with E-state index >= 15 is 0 Å². The van der Waals surface area contributed by atoms with Crippen LogP contribution in [0, 0.1) is 0 Å². The van der Waals surface area contributed by atoms with Crippen LogP contribution >= 0.6 is 0 Å². The van der Waals surface area contributed by atoms with Gasteiger partial charge >= 0.3 is 0 Å². The van der Waals surface area contributed by atoms with Gasteiger partial charge < -0.3 is 13.7 Å². The van der Waals surface area contributed by atoms with Crippen molar-refractivity contribution >= 4 is 71.7 Å². The number of hydrogen-bond acceptors (Lipinski definition) is 3. The van der Waals surface area contributed by atoms with Crippen molar-refractivity contribution in [3.8, 4) is 22.3 Å². The minimum atomic E-state index is 0.869. The van der Waals surface area contributed by atoms with E-state index in [0.29, 0.717) is 0 Å². The van der Waals surface area contributed by atoms with Gasteiger partial charge in [0.2, 0.25) is 0 Å². The Hall–Kier alpha value is -6.58. The maximum Gasteiger partial charge on any atom is 0.137 e. The largest absolute Gasteiger partial charge is 0.456 e. The van der Waals surface area contributed by atoms with Crippen molar-refractivity contribution in [3.05, 3.63) is 176 Å². The van der Waals surface area contributed by atoms with Crippen molar-refractivity contribution in [2.75, 3.05) is 4.90 Å². The van der Waals surface area contributed by atoms with Crippen LogP contribution < -0.4 is 4.90 Å². The first kappa shape index (κ1) is 27.5. The van der Waals surface area contributed by atoms with E-state index in [4.69, 9.17) is 8.83 Å². The number of para-hydroxylation sites is 2. The number of benzene rings is 8. The van der Waals surface area contributed by atoms with E-state index in [9.17, 15) is 0 Å². The van der Waals surface area contributed by atoms with Gasteiger partial charge in [0.05, 0.1) is 0 Å². The van der Waals surface area contributed by atoms with Crippen LogP contribution in [-0.2, 0) is 0 Å². The quantitative estimate of drug-likeness (QED) is 0.190. The molecule has 0 spiro atoms. The van der Waals surface area contributed by atoms with Gasteiger partial charge in [0.1, 0.15) is 22.3 Å². The molecule has 2 heterocycles. The number of nitrogens with zero attached hydrogens (tertiary/aromatic N) is 1. The van der Waals surface area contributed by atoms with E-state index < -0.39 is 0 Å². The summed E-state index contributed by atoms with van der Waals surface area (Å²) in [5.41, 5.74) is 11.5. The Morgan fingerprint density at radius 1 is 0.306 bits per heavy atom. The normalized spacial score (nSPS) is 11.7. The summed E-state index contributed by atoms with van der Waals surface area (Å²) in [6.45, 7) is 0. The molecular formula is C46H29NO2. The highest BCUT2D eigenvalue weighted by atomic mass is 16.3. The minimum Gasteiger partial charge on any atom is -0.456 e. The summed E-state index contributed by atoms with van der Waals surface area (Å²) in [5, 5.41) is 6.88. The number of hydrogen-bond donors (Lipinski definition) is 0. The number of anilines is 3. The fourth-order valence-corrected chi connectivity index (χ4v) is 7.29. The van der Waals surface area contributed by atoms with Gasteiger partial charge in [-0.2, -0.15) is 0 Å². The first-order valence-electron chi connectivity index (χ1n) is 16.6. The lowest BCUT2D eigenvalue weighted by molar-refractivity contribution is 0.669. The lowest BCUT2D eigenvalue weighted by Crippen LogP contribution is -2.10. The summed E-state index contributed by atoms with van der Waals surface area (Å²) in [6.07, 6.45) is 0. The highest BCUT2D eigenvalue weighted by Crippen LogP contribution is 2.41. The molecule has 230 valence electrons. The Labute approximate surface area is 282 Å². The van der Waals surface area contributed by atoms with Crippen molar-refractivity contribution in [2.24, 2.45) is 0 Å². The molecule has 0 N–H and O–H groups in total. The molecule has 0 aliphatic rings. The van der Waals surface area contributed by atoms with Gasteiger partial charge in [0.25, 0.3) is 0 Å². The molecule has 0 unspecified atom stereocenters. The average Bonchev–Trinajstić information content (AvgIpc) is 3.72. The molecule has 0 radical (unpaired) electrons. The van der Waals surface area contributed by atoms with Crippen LogP contribution in [0.25, 0.3) is 76.9 Å². The van der Waals surface area contributed by atoms with E-state index in [0.717, 1.165) is 71.9 Å². The summed E-state index contributed by atoms with van der Waals surface area (Å²) >= 11 is 0. The summed E-state index contributed by atoms with van der Waals surface area (Å²) in [5.74, 6) is 0. The third-order valence-corrected chi connectivity index (χ3v) is 9.65. The highest BCUT2D eigenvalue weighted by Gasteiger charge is 2.17. The van der Waals surface area contributed by atoms with Crippen LogP contribution in [0.5, 0.6) is 0 Å². The monoisotopic (exact) mass is 627 g/mol. The molecule has 0 saturated heterocycles. The molecule has 10 aromatic rings. The van der Waals surface area contributed by atoms with E-state index in [1.807, 2.05) is 24.3 Å². The van der Waals surface area contributed by atoms with Crippen LogP contribution in [0.2, 0.25) is 0 Å². The van der Waals surface area contributed by atoms with Crippen molar-refractivity contribution in [1.29, 1.82) is 0 Å². The van der Waals surface area contributed by atoms with E-state index in [1.165, 1.54) is 22.1 Å². The van der Waals surface area contributed by atoms with E-state index in [1.54, 1.807) is 0 Å². The number of furan rings is 2. The van der Waals surface area contributed by atoms with Crippen LogP contribution in [0.15, 0.2) is 185 Å². The molecule has 8 aromatic carbocycles. The van der Waals surface area contributed by atoms with Gasteiger partial charge in [-0.1, -0.05) is 109 Å². The smallest absolute Gasteiger partial charge is 0.137 e. The molecule has 49 heavy (non-hydrogen) atoms. The molecule has 0 aliphatic heterocycles. The lowest BCUT2D eigenvalue weighted by Gasteiger charge is -2.26. The Morgan fingerprint density at radius 3 is 1.71 bits per heavy atom. The first-order chi connectivity index (χ1) is 24.3. The van der Waals surface area contributed by atoms with Gasteiger partial charge in [0.15, 0.2) is 0 Å². The zero-order valence-electron chi connectivity index (χ0n) is 26.5. The second kappa shape index (κ2) is 11.0. The number of rotatable bonds is 5. The molecule has 10 rings (SSSR count). The van der Waals surface area contributed by atoms with Crippen LogP contribution in [0.4, 0.5) is 17.1 Å². The predicted molar refractivity (Wildman–Crippen MR) is 204 cm³/mol. The lowest BCUT2D eigenvalue weighted by atomic mass is 9.96. The molecule has 2 aromatic heterocycles. The summed E-state index contributed by atoms with van der Waals surface area (Å²) in [7, 11) is 0. The van der Waals surface area contributed by atoms with Gasteiger partial charge in [-0.05, 0) is 93.7 Å². The van der Waals surface area contributed by atoms with Crippen molar-refractivity contribution < 1.29 is 8.83 Å². The van der Waals surface area contributed by atoms with Crippen molar-refractivity contribution in [3.63, 3.8) is 0 Å². The highest BCUT2D eigenvalue weighted by molar-refractivity contribution is 6.12. The number of fused-ring (bicyclic) bond motifs is 7. The minimum absolute atomic E-state index is 0.869. The first-order valence-corrected chi connectivity index (χ1v) is 16.6. The molecule has 0 atom stereocenters. The summed E-state index contributed by atoms with van der Waals surface area (Å²) < 4.78 is 12.5. The zero-order chi connectivity index (χ0) is 32.3.